The van der Waals surface area contributed by atoms with Gasteiger partial charge >= 0.3 is 0 Å². The molecular formula is C13H8Br2Cl2O2. The number of rotatable bonds is 2. The van der Waals surface area contributed by atoms with Crippen LogP contribution in [0.25, 0.3) is 0 Å². The van der Waals surface area contributed by atoms with Crippen molar-refractivity contribution in [3.05, 3.63) is 54.4 Å². The quantitative estimate of drug-likeness (QED) is 0.663. The fourth-order valence-corrected chi connectivity index (χ4v) is 2.68. The molecule has 0 aliphatic heterocycles. The number of hydrogen-bond acceptors (Lipinski definition) is 2. The summed E-state index contributed by atoms with van der Waals surface area (Å²) >= 11 is 18.5. The highest BCUT2D eigenvalue weighted by Gasteiger charge is 2.11. The van der Waals surface area contributed by atoms with Crippen LogP contribution < -0.4 is 0 Å². The van der Waals surface area contributed by atoms with Crippen LogP contribution in [0.3, 0.4) is 0 Å². The van der Waals surface area contributed by atoms with Crippen LogP contribution in [0.5, 0.6) is 11.5 Å². The summed E-state index contributed by atoms with van der Waals surface area (Å²) in [4.78, 5) is 0. The average molecular weight is 427 g/mol. The third-order valence-corrected chi connectivity index (χ3v) is 5.02. The van der Waals surface area contributed by atoms with Crippen molar-refractivity contribution in [1.29, 1.82) is 0 Å². The molecular weight excluding hydrogens is 419 g/mol. The topological polar surface area (TPSA) is 40.5 Å². The highest BCUT2D eigenvalue weighted by atomic mass is 79.9. The average Bonchev–Trinajstić information content (AvgIpc) is 2.32. The van der Waals surface area contributed by atoms with E-state index in [-0.39, 0.29) is 11.5 Å². The lowest BCUT2D eigenvalue weighted by Crippen LogP contribution is -1.91. The predicted molar refractivity (Wildman–Crippen MR) is 84.4 cm³/mol. The van der Waals surface area contributed by atoms with Crippen molar-refractivity contribution in [2.24, 2.45) is 0 Å². The van der Waals surface area contributed by atoms with Crippen molar-refractivity contribution in [2.75, 3.05) is 0 Å². The van der Waals surface area contributed by atoms with Gasteiger partial charge in [-0.25, -0.2) is 0 Å². The Morgan fingerprint density at radius 3 is 1.53 bits per heavy atom. The zero-order valence-corrected chi connectivity index (χ0v) is 14.1. The molecule has 2 rings (SSSR count). The van der Waals surface area contributed by atoms with Crippen molar-refractivity contribution in [2.45, 2.75) is 6.42 Å². The lowest BCUT2D eigenvalue weighted by atomic mass is 10.0. The standard InChI is InChI=1S/C13H8Br2Cl2O2/c14-8-4-12(18)6(2-10(8)16)1-7-3-11(17)9(15)5-13(7)19/h2-5,18-19H,1H2. The number of aromatic hydroxyl groups is 2. The van der Waals surface area contributed by atoms with E-state index in [9.17, 15) is 10.2 Å². The molecule has 2 aromatic carbocycles. The highest BCUT2D eigenvalue weighted by molar-refractivity contribution is 9.10. The minimum absolute atomic E-state index is 0.106. The molecule has 0 radical (unpaired) electrons. The number of phenolic OH excluding ortho intramolecular Hbond substituents is 2. The summed E-state index contributed by atoms with van der Waals surface area (Å²) in [5, 5.41) is 20.8. The van der Waals surface area contributed by atoms with Crippen LogP contribution in [0.4, 0.5) is 0 Å². The maximum absolute atomic E-state index is 9.88. The fraction of sp³-hybridized carbons (Fsp3) is 0.0769. The number of halogens is 4. The van der Waals surface area contributed by atoms with Gasteiger partial charge < -0.3 is 10.2 Å². The third kappa shape index (κ3) is 3.37. The summed E-state index contributed by atoms with van der Waals surface area (Å²) in [6.07, 6.45) is 0.331. The molecule has 2 nitrogen and oxygen atoms in total. The summed E-state index contributed by atoms with van der Waals surface area (Å²) in [6, 6.07) is 6.34. The van der Waals surface area contributed by atoms with Gasteiger partial charge in [-0.15, -0.1) is 0 Å². The first-order chi connectivity index (χ1) is 8.88. The Balaban J connectivity index is 2.42. The third-order valence-electron chi connectivity index (χ3n) is 2.62. The first-order valence-electron chi connectivity index (χ1n) is 5.22. The molecule has 0 bridgehead atoms. The normalized spacial score (nSPS) is 10.7. The van der Waals surface area contributed by atoms with Gasteiger partial charge in [0.2, 0.25) is 0 Å². The van der Waals surface area contributed by atoms with Crippen LogP contribution in [0, 0.1) is 0 Å². The molecule has 0 aliphatic rings. The molecule has 100 valence electrons. The Hall–Kier alpha value is -0.420. The van der Waals surface area contributed by atoms with E-state index < -0.39 is 0 Å². The summed E-state index contributed by atoms with van der Waals surface area (Å²) in [5.74, 6) is 0.212. The van der Waals surface area contributed by atoms with E-state index in [0.717, 1.165) is 0 Å². The smallest absolute Gasteiger partial charge is 0.120 e. The lowest BCUT2D eigenvalue weighted by Gasteiger charge is -2.10. The molecule has 0 amide bonds. The number of phenols is 2. The fourth-order valence-electron chi connectivity index (χ4n) is 1.64. The Bertz CT molecular complexity index is 590. The second-order valence-corrected chi connectivity index (χ2v) is 6.49. The first kappa shape index (κ1) is 15.0. The molecule has 0 fully saturated rings. The van der Waals surface area contributed by atoms with E-state index in [0.29, 0.717) is 36.5 Å². The van der Waals surface area contributed by atoms with Gasteiger partial charge in [0.05, 0.1) is 10.0 Å². The minimum atomic E-state index is 0.106. The van der Waals surface area contributed by atoms with Gasteiger partial charge in [-0.1, -0.05) is 23.2 Å². The molecule has 2 aromatic rings. The molecule has 0 saturated carbocycles. The minimum Gasteiger partial charge on any atom is -0.508 e. The molecule has 0 saturated heterocycles. The van der Waals surface area contributed by atoms with Crippen LogP contribution in [-0.4, -0.2) is 10.2 Å². The zero-order valence-electron chi connectivity index (χ0n) is 9.42. The zero-order chi connectivity index (χ0) is 14.2. The van der Waals surface area contributed by atoms with E-state index in [4.69, 9.17) is 23.2 Å². The molecule has 19 heavy (non-hydrogen) atoms. The lowest BCUT2D eigenvalue weighted by molar-refractivity contribution is 0.462. The van der Waals surface area contributed by atoms with Crippen LogP contribution >= 0.6 is 55.1 Å². The van der Waals surface area contributed by atoms with Crippen molar-refractivity contribution in [3.63, 3.8) is 0 Å². The number of hydrogen-bond donors (Lipinski definition) is 2. The van der Waals surface area contributed by atoms with Gasteiger partial charge in [-0.05, 0) is 67.3 Å². The summed E-state index contributed by atoms with van der Waals surface area (Å²) in [7, 11) is 0. The Morgan fingerprint density at radius 2 is 1.16 bits per heavy atom. The second-order valence-electron chi connectivity index (χ2n) is 3.97. The van der Waals surface area contributed by atoms with Crippen molar-refractivity contribution in [1.82, 2.24) is 0 Å². The van der Waals surface area contributed by atoms with Gasteiger partial charge in [-0.2, -0.15) is 0 Å². The molecule has 0 atom stereocenters. The maximum Gasteiger partial charge on any atom is 0.120 e. The SMILES string of the molecule is Oc1cc(Br)c(Cl)cc1Cc1cc(Cl)c(Br)cc1O. The van der Waals surface area contributed by atoms with Crippen molar-refractivity contribution in [3.8, 4) is 11.5 Å². The monoisotopic (exact) mass is 424 g/mol. The Kier molecular flexibility index (Phi) is 4.66. The van der Waals surface area contributed by atoms with E-state index in [1.54, 1.807) is 12.1 Å². The highest BCUT2D eigenvalue weighted by Crippen LogP contribution is 2.35. The van der Waals surface area contributed by atoms with Gasteiger partial charge in [0.15, 0.2) is 0 Å². The van der Waals surface area contributed by atoms with Gasteiger partial charge in [0.25, 0.3) is 0 Å². The molecule has 0 heterocycles. The molecule has 6 heteroatoms. The van der Waals surface area contributed by atoms with Gasteiger partial charge in [0.1, 0.15) is 11.5 Å². The molecule has 2 N–H and O–H groups in total. The number of benzene rings is 2. The van der Waals surface area contributed by atoms with Crippen LogP contribution in [0.15, 0.2) is 33.2 Å². The van der Waals surface area contributed by atoms with Gasteiger partial charge in [-0.3, -0.25) is 0 Å². The Morgan fingerprint density at radius 1 is 0.789 bits per heavy atom. The van der Waals surface area contributed by atoms with Crippen LogP contribution in [-0.2, 0) is 6.42 Å². The van der Waals surface area contributed by atoms with E-state index in [2.05, 4.69) is 31.9 Å². The summed E-state index contributed by atoms with van der Waals surface area (Å²) in [6.45, 7) is 0. The van der Waals surface area contributed by atoms with Crippen LogP contribution in [0.1, 0.15) is 11.1 Å². The molecule has 0 unspecified atom stereocenters. The second kappa shape index (κ2) is 5.92. The van der Waals surface area contributed by atoms with E-state index in [1.807, 2.05) is 0 Å². The Labute approximate surface area is 137 Å². The van der Waals surface area contributed by atoms with Crippen molar-refractivity contribution >= 4 is 55.1 Å². The van der Waals surface area contributed by atoms with E-state index in [1.165, 1.54) is 12.1 Å². The largest absolute Gasteiger partial charge is 0.508 e. The van der Waals surface area contributed by atoms with Gasteiger partial charge in [0, 0.05) is 15.4 Å². The summed E-state index contributed by atoms with van der Waals surface area (Å²) < 4.78 is 1.24. The maximum atomic E-state index is 9.88. The first-order valence-corrected chi connectivity index (χ1v) is 7.56. The van der Waals surface area contributed by atoms with E-state index >= 15 is 0 Å². The van der Waals surface area contributed by atoms with Crippen molar-refractivity contribution < 1.29 is 10.2 Å². The molecule has 0 aliphatic carbocycles. The molecule has 0 spiro atoms. The van der Waals surface area contributed by atoms with Crippen LogP contribution in [0.2, 0.25) is 10.0 Å². The summed E-state index contributed by atoms with van der Waals surface area (Å²) in [5.41, 5.74) is 1.23. The predicted octanol–water partition coefficient (Wildman–Crippen LogP) is 5.52. The molecule has 0 aromatic heterocycles.